The zero-order valence-electron chi connectivity index (χ0n) is 38.5. The Labute approximate surface area is 403 Å². The molecule has 5 nitrogen and oxygen atoms in total. The van der Waals surface area contributed by atoms with Crippen LogP contribution in [-0.2, 0) is 0 Å². The maximum atomic E-state index is 5.78. The highest BCUT2D eigenvalue weighted by molar-refractivity contribution is 8.34. The summed E-state index contributed by atoms with van der Waals surface area (Å²) in [6, 6.07) is 78.8. The van der Waals surface area contributed by atoms with E-state index in [1.165, 1.54) is 41.5 Å². The molecular weight excluding hydrogens is 841 g/mol. The number of hydrogen-bond acceptors (Lipinski definition) is 4. The minimum Gasteiger partial charge on any atom is -0.345 e. The number of fused-ring (bicyclic) bond motifs is 6. The molecule has 318 valence electrons. The second-order valence-corrected chi connectivity index (χ2v) is 20.7. The van der Waals surface area contributed by atoms with Gasteiger partial charge in [0.25, 0.3) is 0 Å². The van der Waals surface area contributed by atoms with Crippen molar-refractivity contribution in [2.75, 3.05) is 4.81 Å². The van der Waals surface area contributed by atoms with Crippen molar-refractivity contribution in [2.45, 2.75) is 19.6 Å². The summed E-state index contributed by atoms with van der Waals surface area (Å²) in [5.74, 6) is 1.78. The Bertz CT molecular complexity index is 3560. The first-order valence-electron chi connectivity index (χ1n) is 23.3. The Morgan fingerprint density at radius 2 is 0.868 bits per heavy atom. The summed E-state index contributed by atoms with van der Waals surface area (Å²) >= 11 is 0. The molecule has 12 rings (SSSR count). The lowest BCUT2D eigenvalue weighted by Crippen LogP contribution is -2.57. The van der Waals surface area contributed by atoms with Crippen LogP contribution in [0.1, 0.15) is 0 Å². The number of aromatic nitrogens is 4. The molecule has 2 aromatic heterocycles. The number of anilines is 2. The van der Waals surface area contributed by atoms with E-state index in [1.54, 1.807) is 0 Å². The van der Waals surface area contributed by atoms with E-state index < -0.39 is 10.0 Å². The van der Waals surface area contributed by atoms with Crippen LogP contribution in [0, 0.1) is 0 Å². The van der Waals surface area contributed by atoms with Gasteiger partial charge < -0.3 is 4.81 Å². The van der Waals surface area contributed by atoms with Gasteiger partial charge in [0.2, 0.25) is 11.9 Å². The lowest BCUT2D eigenvalue weighted by Gasteiger charge is -2.45. The third kappa shape index (κ3) is 6.44. The van der Waals surface area contributed by atoms with Crippen LogP contribution >= 0.6 is 10.0 Å². The quantitative estimate of drug-likeness (QED) is 0.178. The number of hydrogen-bond donors (Lipinski definition) is 0. The van der Waals surface area contributed by atoms with Crippen LogP contribution in [0.3, 0.4) is 0 Å². The van der Waals surface area contributed by atoms with Crippen LogP contribution in [0.25, 0.3) is 50.3 Å². The van der Waals surface area contributed by atoms with Gasteiger partial charge in [0, 0.05) is 42.3 Å². The molecule has 11 aromatic rings. The van der Waals surface area contributed by atoms with Crippen LogP contribution in [0.2, 0.25) is 0 Å². The average Bonchev–Trinajstić information content (AvgIpc) is 3.74. The lowest BCUT2D eigenvalue weighted by molar-refractivity contribution is 0.941. The van der Waals surface area contributed by atoms with Crippen LogP contribution in [0.15, 0.2) is 238 Å². The molecule has 0 aliphatic carbocycles. The molecule has 0 radical (unpaired) electrons. The Kier molecular flexibility index (Phi) is 10.3. The number of nitrogens with zero attached hydrogens (tertiary/aromatic N) is 5. The zero-order valence-corrected chi connectivity index (χ0v) is 39.3. The molecular formula is C57H44B5N5S. The normalized spacial score (nSPS) is 12.5. The molecule has 0 unspecified atom stereocenters. The van der Waals surface area contributed by atoms with Gasteiger partial charge in [-0.3, -0.25) is 4.57 Å². The van der Waals surface area contributed by atoms with E-state index in [2.05, 4.69) is 259 Å². The molecule has 0 saturated heterocycles. The summed E-state index contributed by atoms with van der Waals surface area (Å²) in [6.45, 7) is -0.229. The fraction of sp³-hybridized carbons (Fsp3) is 0. The van der Waals surface area contributed by atoms with Crippen LogP contribution in [0.4, 0.5) is 11.6 Å². The largest absolute Gasteiger partial charge is 0.345 e. The summed E-state index contributed by atoms with van der Waals surface area (Å²) in [6.07, 6.45) is 0. The van der Waals surface area contributed by atoms with E-state index in [-0.39, 0.29) is 6.85 Å². The van der Waals surface area contributed by atoms with E-state index in [0.717, 1.165) is 55.0 Å². The van der Waals surface area contributed by atoms with Gasteiger partial charge in [0.1, 0.15) is 31.4 Å². The molecule has 9 aromatic carbocycles. The lowest BCUT2D eigenvalue weighted by atomic mass is 9.46. The number of para-hydroxylation sites is 3. The molecule has 0 atom stereocenters. The summed E-state index contributed by atoms with van der Waals surface area (Å²) in [7, 11) is 7.07. The third-order valence-electron chi connectivity index (χ3n) is 14.1. The van der Waals surface area contributed by atoms with Gasteiger partial charge in [0.15, 0.2) is 5.82 Å². The SMILES string of the molecule is Bc1c(B)c(-c2nc(N3B(c4ccccc4)c4ccccc4-c4ccccc43)nc(-n3c4ccccc4c4ccccc43)n2)c(B)c(S(c2ccccc2)(c2ccccc2)c2ccccc2)c1B. The Hall–Kier alpha value is -7.74. The standard InChI is InChI=1S/C57H44B5N5S/c58-50-49(51(59)54(53(61)52(50)60)68(38-23-7-2-8-24-38,39-25-9-3-10-26-39)40-27-11-4-12-28-40)55-63-56(66-46-34-18-14-31-43(46)44-32-15-19-35-47(44)66)65-57(64-55)67-48-36-20-16-30-42(48)41-29-13-17-33-45(41)62(67)37-21-5-1-6-22-37/h1-36H,58-61H2. The molecule has 68 heavy (non-hydrogen) atoms. The predicted molar refractivity (Wildman–Crippen MR) is 298 cm³/mol. The van der Waals surface area contributed by atoms with Crippen molar-refractivity contribution in [3.05, 3.63) is 218 Å². The predicted octanol–water partition coefficient (Wildman–Crippen LogP) is 5.93. The summed E-state index contributed by atoms with van der Waals surface area (Å²) in [5, 5.41) is 2.29. The van der Waals surface area contributed by atoms with Crippen molar-refractivity contribution >= 4 is 114 Å². The first kappa shape index (κ1) is 41.7. The smallest absolute Gasteiger partial charge is 0.331 e. The van der Waals surface area contributed by atoms with Crippen molar-refractivity contribution in [1.82, 2.24) is 19.5 Å². The van der Waals surface area contributed by atoms with Crippen molar-refractivity contribution in [1.29, 1.82) is 0 Å². The Morgan fingerprint density at radius 3 is 1.46 bits per heavy atom. The van der Waals surface area contributed by atoms with Crippen LogP contribution < -0.4 is 37.6 Å². The van der Waals surface area contributed by atoms with Crippen LogP contribution in [0.5, 0.6) is 0 Å². The maximum absolute atomic E-state index is 5.78. The summed E-state index contributed by atoms with van der Waals surface area (Å²) < 4.78 is 2.24. The Morgan fingerprint density at radius 1 is 0.397 bits per heavy atom. The zero-order chi connectivity index (χ0) is 45.9. The number of benzene rings is 9. The van der Waals surface area contributed by atoms with Gasteiger partial charge in [-0.2, -0.15) is 15.0 Å². The third-order valence-corrected chi connectivity index (χ3v) is 18.2. The highest BCUT2D eigenvalue weighted by atomic mass is 32.3. The monoisotopic (exact) mass is 885 g/mol. The molecule has 0 fully saturated rings. The summed E-state index contributed by atoms with van der Waals surface area (Å²) in [5.41, 5.74) is 13.6. The fourth-order valence-corrected chi connectivity index (χ4v) is 15.3. The number of rotatable bonds is 8. The van der Waals surface area contributed by atoms with E-state index in [9.17, 15) is 0 Å². The average molecular weight is 885 g/mol. The Balaban J connectivity index is 1.22. The molecule has 0 amide bonds. The molecule has 0 N–H and O–H groups in total. The second-order valence-electron chi connectivity index (χ2n) is 17.7. The first-order chi connectivity index (χ1) is 33.4. The van der Waals surface area contributed by atoms with Gasteiger partial charge >= 0.3 is 6.85 Å². The van der Waals surface area contributed by atoms with Crippen molar-refractivity contribution < 1.29 is 0 Å². The van der Waals surface area contributed by atoms with Gasteiger partial charge in [-0.15, -0.1) is 10.0 Å². The minimum atomic E-state index is -2.09. The first-order valence-corrected chi connectivity index (χ1v) is 24.9. The topological polar surface area (TPSA) is 46.8 Å². The minimum absolute atomic E-state index is 0.229. The van der Waals surface area contributed by atoms with Gasteiger partial charge in [-0.05, 0) is 70.5 Å². The maximum Gasteiger partial charge on any atom is 0.331 e. The van der Waals surface area contributed by atoms with E-state index in [1.807, 2.05) is 0 Å². The highest BCUT2D eigenvalue weighted by Gasteiger charge is 2.40. The van der Waals surface area contributed by atoms with Crippen molar-refractivity contribution in [2.24, 2.45) is 0 Å². The van der Waals surface area contributed by atoms with E-state index >= 15 is 0 Å². The molecule has 0 saturated carbocycles. The molecule has 0 spiro atoms. The summed E-state index contributed by atoms with van der Waals surface area (Å²) in [4.78, 5) is 24.6. The second kappa shape index (κ2) is 16.9. The molecule has 1 aliphatic rings. The molecule has 1 aliphatic heterocycles. The van der Waals surface area contributed by atoms with Gasteiger partial charge in [0.05, 0.1) is 11.0 Å². The molecule has 3 heterocycles. The van der Waals surface area contributed by atoms with Crippen molar-refractivity contribution in [3.63, 3.8) is 0 Å². The van der Waals surface area contributed by atoms with Crippen molar-refractivity contribution in [3.8, 4) is 28.5 Å². The molecule has 0 bridgehead atoms. The highest BCUT2D eigenvalue weighted by Crippen LogP contribution is 2.72. The van der Waals surface area contributed by atoms with Gasteiger partial charge in [-0.1, -0.05) is 191 Å². The van der Waals surface area contributed by atoms with E-state index in [4.69, 9.17) is 15.0 Å². The van der Waals surface area contributed by atoms with E-state index in [0.29, 0.717) is 17.7 Å². The van der Waals surface area contributed by atoms with Crippen LogP contribution in [-0.4, -0.2) is 57.8 Å². The fourth-order valence-electron chi connectivity index (χ4n) is 10.9. The molecule has 11 heteroatoms. The van der Waals surface area contributed by atoms with Gasteiger partial charge in [-0.25, -0.2) is 0 Å².